The molecule has 0 heterocycles. The molecule has 0 amide bonds. The molecular weight excluding hydrogens is 1190 g/mol. The molecule has 0 unspecified atom stereocenters. The second-order valence-corrected chi connectivity index (χ2v) is 16.9. The first kappa shape index (κ1) is 77.6. The second kappa shape index (κ2) is 56.9. The van der Waals surface area contributed by atoms with E-state index in [4.69, 9.17) is 9.47 Å². The first-order chi connectivity index (χ1) is 48.1. The van der Waals surface area contributed by atoms with Gasteiger partial charge in [-0.05, 0) is 216 Å². The number of allylic oxidation sites excluding steroid dienone is 2. The quantitative estimate of drug-likeness (QED) is 0.142. The molecule has 444 valence electrons. The van der Waals surface area contributed by atoms with Crippen molar-refractivity contribution in [2.45, 2.75) is 66.7 Å². The SMILES string of the molecule is C.C=CCc1ccc(OC)cc1.CC#CC#CC#CC#CC#CC#CC#CC#CC#CC#CC#CC#CC#CC#CC#CC#CC#CC#CC#CC#CC#CC#CC#CC#CC#CC#CC#CC#CC#CC.CC/C=C/c1ccc(OC)cc1.c1cc2c3c(ccc4c3c1CC4)CC2. The van der Waals surface area contributed by atoms with Crippen LogP contribution in [0.2, 0.25) is 0 Å². The van der Waals surface area contributed by atoms with Crippen LogP contribution in [0.4, 0.5) is 0 Å². The van der Waals surface area contributed by atoms with Crippen LogP contribution in [-0.4, -0.2) is 14.2 Å². The minimum absolute atomic E-state index is 0. The molecule has 4 aromatic rings. The topological polar surface area (TPSA) is 18.5 Å². The highest BCUT2D eigenvalue weighted by atomic mass is 16.5. The first-order valence-electron chi connectivity index (χ1n) is 28.5. The monoisotopic (exact) mass is 1230 g/mol. The summed E-state index contributed by atoms with van der Waals surface area (Å²) < 4.78 is 10.1. The van der Waals surface area contributed by atoms with Crippen molar-refractivity contribution in [1.29, 1.82) is 0 Å². The van der Waals surface area contributed by atoms with Gasteiger partial charge in [0.05, 0.1) is 14.2 Å². The molecule has 2 aliphatic rings. The van der Waals surface area contributed by atoms with E-state index >= 15 is 0 Å². The molecule has 98 heavy (non-hydrogen) atoms. The Bertz CT molecular complexity index is 5410. The van der Waals surface area contributed by atoms with Crippen LogP contribution in [0.1, 0.15) is 68.0 Å². The van der Waals surface area contributed by atoms with E-state index in [9.17, 15) is 0 Å². The smallest absolute Gasteiger partial charge is 0.118 e. The highest BCUT2D eigenvalue weighted by molar-refractivity contribution is 5.97. The number of hydrogen-bond acceptors (Lipinski definition) is 2. The summed E-state index contributed by atoms with van der Waals surface area (Å²) in [5.41, 5.74) is 8.83. The summed E-state index contributed by atoms with van der Waals surface area (Å²) >= 11 is 0. The summed E-state index contributed by atoms with van der Waals surface area (Å²) in [6.07, 6.45) is 13.2. The molecule has 6 rings (SSSR count). The van der Waals surface area contributed by atoms with E-state index in [1.54, 1.807) is 61.1 Å². The van der Waals surface area contributed by atoms with Crippen molar-refractivity contribution < 1.29 is 9.47 Å². The van der Waals surface area contributed by atoms with Crippen LogP contribution in [0.25, 0.3) is 16.8 Å². The Morgan fingerprint density at radius 2 is 0.490 bits per heavy atom. The third-order valence-corrected chi connectivity index (χ3v) is 10.7. The average molecular weight is 1230 g/mol. The molecule has 0 radical (unpaired) electrons. The maximum atomic E-state index is 5.05. The van der Waals surface area contributed by atoms with Crippen LogP contribution in [0.15, 0.2) is 91.5 Å². The largest absolute Gasteiger partial charge is 0.497 e. The lowest BCUT2D eigenvalue weighted by Gasteiger charge is -2.04. The Morgan fingerprint density at radius 1 is 0.296 bits per heavy atom. The summed E-state index contributed by atoms with van der Waals surface area (Å²) in [6, 6.07) is 25.4. The van der Waals surface area contributed by atoms with Gasteiger partial charge in [0.15, 0.2) is 0 Å². The molecule has 0 spiro atoms. The predicted octanol–water partition coefficient (Wildman–Crippen LogP) is 10.3. The Labute approximate surface area is 583 Å². The number of aryl methyl sites for hydroxylation is 4. The van der Waals surface area contributed by atoms with E-state index in [2.05, 4.69) is 393 Å². The maximum Gasteiger partial charge on any atom is 0.118 e. The summed E-state index contributed by atoms with van der Waals surface area (Å²) in [6.45, 7) is 9.16. The van der Waals surface area contributed by atoms with Crippen molar-refractivity contribution in [3.8, 4) is 355 Å². The van der Waals surface area contributed by atoms with Gasteiger partial charge < -0.3 is 9.47 Å². The molecule has 0 fully saturated rings. The fourth-order valence-corrected chi connectivity index (χ4v) is 6.87. The Morgan fingerprint density at radius 3 is 0.663 bits per heavy atom. The molecule has 0 aliphatic heterocycles. The molecule has 2 nitrogen and oxygen atoms in total. The van der Waals surface area contributed by atoms with E-state index in [-0.39, 0.29) is 7.43 Å². The standard InChI is InChI=1S/C60H6.C14H12.C11H14O.C10H12O.CH4/c1-3-5-7-9-11-13-15-17-19-21-23-25-27-29-31-33-35-37-39-41-43-45-47-49-51-53-55-57-59-60-58-56-54-52-50-48-46-44-42-40-38-36-34-32-30-28-26-24-22-20-18-16-14-12-10-8-6-4-2;1-2-10-7-8-12-4-3-11-6-5-9(1)13(10)14(11)12;1-3-4-5-10-6-8-11(12-2)9-7-10;1-3-4-9-5-7-10(11-2)8-6-9;/h1-2H3;5-8H,1-4H2;4-9H,3H2,1-2H3;3,5-8H,1,4H2,2H3;1H4/b;;5-4+;;. The van der Waals surface area contributed by atoms with Crippen LogP contribution in [0.5, 0.6) is 11.5 Å². The predicted molar refractivity (Wildman–Crippen MR) is 402 cm³/mol. The Kier molecular flexibility index (Phi) is 45.1. The Balaban J connectivity index is 0.000000667. The third-order valence-electron chi connectivity index (χ3n) is 10.7. The molecule has 0 N–H and O–H groups in total. The average Bonchev–Trinajstić information content (AvgIpc) is 1.60. The lowest BCUT2D eigenvalue weighted by atomic mass is 10.0. The molecule has 0 saturated heterocycles. The summed E-state index contributed by atoms with van der Waals surface area (Å²) in [5, 5.41) is 3.22. The van der Waals surface area contributed by atoms with E-state index in [1.165, 1.54) is 36.8 Å². The zero-order valence-electron chi connectivity index (χ0n) is 53.4. The summed E-state index contributed by atoms with van der Waals surface area (Å²) in [5.74, 6) is 147. The summed E-state index contributed by atoms with van der Waals surface area (Å²) in [4.78, 5) is 0. The molecule has 0 bridgehead atoms. The molecule has 2 aliphatic carbocycles. The summed E-state index contributed by atoms with van der Waals surface area (Å²) in [7, 11) is 3.35. The van der Waals surface area contributed by atoms with Gasteiger partial charge in [-0.1, -0.05) is 93.0 Å². The lowest BCUT2D eigenvalue weighted by Crippen LogP contribution is -1.83. The van der Waals surface area contributed by atoms with Gasteiger partial charge >= 0.3 is 0 Å². The van der Waals surface area contributed by atoms with Crippen molar-refractivity contribution in [3.05, 3.63) is 125 Å². The van der Waals surface area contributed by atoms with Crippen LogP contribution in [-0.2, 0) is 32.1 Å². The molecule has 0 atom stereocenters. The number of methoxy groups -OCH3 is 2. The van der Waals surface area contributed by atoms with Gasteiger partial charge in [-0.2, -0.15) is 0 Å². The first-order valence-corrected chi connectivity index (χ1v) is 28.5. The van der Waals surface area contributed by atoms with Crippen LogP contribution >= 0.6 is 0 Å². The van der Waals surface area contributed by atoms with Crippen molar-refractivity contribution in [2.75, 3.05) is 14.2 Å². The molecular formula is C96H48O2. The van der Waals surface area contributed by atoms with Crippen molar-refractivity contribution in [1.82, 2.24) is 0 Å². The highest BCUT2D eigenvalue weighted by Gasteiger charge is 2.21. The molecule has 2 heteroatoms. The fraction of sp³-hybridized carbons (Fsp3) is 0.125. The molecule has 0 saturated carbocycles. The van der Waals surface area contributed by atoms with Crippen molar-refractivity contribution in [2.24, 2.45) is 0 Å². The van der Waals surface area contributed by atoms with Gasteiger partial charge in [0.2, 0.25) is 0 Å². The second-order valence-electron chi connectivity index (χ2n) is 16.9. The van der Waals surface area contributed by atoms with Crippen LogP contribution in [0, 0.1) is 343 Å². The van der Waals surface area contributed by atoms with E-state index in [0.717, 1.165) is 24.3 Å². The number of benzene rings is 4. The zero-order chi connectivity index (χ0) is 69.0. The van der Waals surface area contributed by atoms with Crippen molar-refractivity contribution >= 4 is 16.8 Å². The van der Waals surface area contributed by atoms with Gasteiger partial charge in [0, 0.05) is 237 Å². The number of ether oxygens (including phenoxy) is 2. The van der Waals surface area contributed by atoms with Crippen molar-refractivity contribution in [3.63, 3.8) is 0 Å². The van der Waals surface area contributed by atoms with E-state index < -0.39 is 0 Å². The third kappa shape index (κ3) is 39.4. The van der Waals surface area contributed by atoms with Crippen LogP contribution in [0.3, 0.4) is 0 Å². The molecule has 0 aromatic heterocycles. The Hall–Kier alpha value is -16.5. The normalized spacial score (nSPS) is 7.15. The zero-order valence-corrected chi connectivity index (χ0v) is 53.4. The number of rotatable bonds is 6. The van der Waals surface area contributed by atoms with Gasteiger partial charge in [0.25, 0.3) is 0 Å². The minimum Gasteiger partial charge on any atom is -0.497 e. The van der Waals surface area contributed by atoms with Crippen LogP contribution < -0.4 is 9.47 Å². The van der Waals surface area contributed by atoms with E-state index in [0.29, 0.717) is 0 Å². The van der Waals surface area contributed by atoms with E-state index in [1.807, 2.05) is 54.6 Å². The minimum atomic E-state index is 0. The van der Waals surface area contributed by atoms with Gasteiger partial charge in [-0.15, -0.1) is 6.58 Å². The highest BCUT2D eigenvalue weighted by Crippen LogP contribution is 2.38. The lowest BCUT2D eigenvalue weighted by molar-refractivity contribution is 0.414. The molecule has 4 aromatic carbocycles. The van der Waals surface area contributed by atoms with Gasteiger partial charge in [-0.3, -0.25) is 0 Å². The van der Waals surface area contributed by atoms with Gasteiger partial charge in [0.1, 0.15) is 11.5 Å². The fourth-order valence-electron chi connectivity index (χ4n) is 6.87. The maximum absolute atomic E-state index is 5.05. The van der Waals surface area contributed by atoms with Gasteiger partial charge in [-0.25, -0.2) is 0 Å². The number of hydrogen-bond donors (Lipinski definition) is 0.